The molecule has 0 fully saturated rings. The lowest BCUT2D eigenvalue weighted by atomic mass is 10.1. The maximum Gasteiger partial charge on any atom is 0.335 e. The van der Waals surface area contributed by atoms with Gasteiger partial charge < -0.3 is 14.7 Å². The van der Waals surface area contributed by atoms with Crippen LogP contribution in [0.15, 0.2) is 72.8 Å². The summed E-state index contributed by atoms with van der Waals surface area (Å²) in [5, 5.41) is 9.30. The first-order valence-electron chi connectivity index (χ1n) is 10.4. The standard InChI is InChI=1S/C26H27NO4/c1-3-19-9-8-13-23(16-19)31-18-25(28)27(24-14-6-5-11-21(24)4-2)17-20-10-7-12-22(15-20)26(29)30/h5-16H,3-4,17-18H2,1-2H3,(H,29,30). The van der Waals surface area contributed by atoms with E-state index in [1.165, 1.54) is 0 Å². The van der Waals surface area contributed by atoms with Crippen LogP contribution in [0, 0.1) is 0 Å². The van der Waals surface area contributed by atoms with Crippen LogP contribution in [0.2, 0.25) is 0 Å². The van der Waals surface area contributed by atoms with E-state index in [0.717, 1.165) is 35.2 Å². The van der Waals surface area contributed by atoms with E-state index in [4.69, 9.17) is 4.74 Å². The van der Waals surface area contributed by atoms with Crippen molar-refractivity contribution >= 4 is 17.6 Å². The van der Waals surface area contributed by atoms with Crippen LogP contribution in [-0.4, -0.2) is 23.6 Å². The monoisotopic (exact) mass is 417 g/mol. The summed E-state index contributed by atoms with van der Waals surface area (Å²) in [7, 11) is 0. The quantitative estimate of drug-likeness (QED) is 0.525. The van der Waals surface area contributed by atoms with Gasteiger partial charge in [-0.2, -0.15) is 0 Å². The lowest BCUT2D eigenvalue weighted by Gasteiger charge is -2.25. The van der Waals surface area contributed by atoms with E-state index in [9.17, 15) is 14.7 Å². The Kier molecular flexibility index (Phi) is 7.44. The molecule has 0 aromatic heterocycles. The number of carboxylic acid groups (broad SMARTS) is 1. The van der Waals surface area contributed by atoms with E-state index < -0.39 is 5.97 Å². The summed E-state index contributed by atoms with van der Waals surface area (Å²) >= 11 is 0. The molecule has 0 aliphatic carbocycles. The molecule has 0 bridgehead atoms. The van der Waals surface area contributed by atoms with Gasteiger partial charge in [-0.3, -0.25) is 4.79 Å². The summed E-state index contributed by atoms with van der Waals surface area (Å²) in [5.74, 6) is -0.527. The number of benzene rings is 3. The van der Waals surface area contributed by atoms with Crippen molar-refractivity contribution in [1.82, 2.24) is 0 Å². The molecule has 0 aliphatic heterocycles. The maximum atomic E-state index is 13.2. The van der Waals surface area contributed by atoms with E-state index in [1.54, 1.807) is 23.1 Å². The van der Waals surface area contributed by atoms with E-state index >= 15 is 0 Å². The minimum Gasteiger partial charge on any atom is -0.484 e. The molecule has 160 valence electrons. The van der Waals surface area contributed by atoms with E-state index in [1.807, 2.05) is 61.5 Å². The van der Waals surface area contributed by atoms with Gasteiger partial charge in [-0.15, -0.1) is 0 Å². The number of aryl methyl sites for hydroxylation is 2. The van der Waals surface area contributed by atoms with Gasteiger partial charge in [-0.05, 0) is 59.9 Å². The molecule has 0 spiro atoms. The van der Waals surface area contributed by atoms with Crippen LogP contribution in [0.1, 0.15) is 40.9 Å². The lowest BCUT2D eigenvalue weighted by molar-refractivity contribution is -0.120. The Bertz CT molecular complexity index is 1060. The number of nitrogens with zero attached hydrogens (tertiary/aromatic N) is 1. The molecular weight excluding hydrogens is 390 g/mol. The van der Waals surface area contributed by atoms with E-state index in [-0.39, 0.29) is 24.6 Å². The molecule has 0 unspecified atom stereocenters. The van der Waals surface area contributed by atoms with Crippen LogP contribution in [0.25, 0.3) is 0 Å². The van der Waals surface area contributed by atoms with E-state index in [2.05, 4.69) is 6.92 Å². The zero-order valence-corrected chi connectivity index (χ0v) is 17.9. The van der Waals surface area contributed by atoms with Crippen molar-refractivity contribution in [3.8, 4) is 5.75 Å². The molecule has 0 atom stereocenters. The summed E-state index contributed by atoms with van der Waals surface area (Å²) in [6.45, 7) is 4.26. The number of ether oxygens (including phenoxy) is 1. The third-order valence-corrected chi connectivity index (χ3v) is 5.15. The number of carbonyl (C=O) groups excluding carboxylic acids is 1. The Balaban J connectivity index is 1.87. The Morgan fingerprint density at radius 2 is 1.61 bits per heavy atom. The molecule has 0 radical (unpaired) electrons. The highest BCUT2D eigenvalue weighted by atomic mass is 16.5. The van der Waals surface area contributed by atoms with Crippen LogP contribution < -0.4 is 9.64 Å². The van der Waals surface area contributed by atoms with Crippen molar-refractivity contribution in [2.45, 2.75) is 33.2 Å². The molecule has 3 rings (SSSR count). The Hall–Kier alpha value is -3.60. The zero-order valence-electron chi connectivity index (χ0n) is 17.9. The highest BCUT2D eigenvalue weighted by molar-refractivity contribution is 5.95. The average molecular weight is 418 g/mol. The summed E-state index contributed by atoms with van der Waals surface area (Å²) in [5.41, 5.74) is 3.93. The smallest absolute Gasteiger partial charge is 0.335 e. The van der Waals surface area contributed by atoms with Crippen molar-refractivity contribution in [3.05, 3.63) is 95.1 Å². The van der Waals surface area contributed by atoms with Gasteiger partial charge in [-0.1, -0.05) is 56.3 Å². The predicted octanol–water partition coefficient (Wildman–Crippen LogP) is 5.12. The second-order valence-corrected chi connectivity index (χ2v) is 7.26. The zero-order chi connectivity index (χ0) is 22.2. The average Bonchev–Trinajstić information content (AvgIpc) is 2.81. The van der Waals surface area contributed by atoms with Crippen molar-refractivity contribution in [3.63, 3.8) is 0 Å². The molecule has 0 saturated carbocycles. The summed E-state index contributed by atoms with van der Waals surface area (Å²) in [6, 6.07) is 22.1. The Morgan fingerprint density at radius 1 is 0.871 bits per heavy atom. The second-order valence-electron chi connectivity index (χ2n) is 7.26. The topological polar surface area (TPSA) is 66.8 Å². The van der Waals surface area contributed by atoms with Gasteiger partial charge in [0.05, 0.1) is 12.1 Å². The van der Waals surface area contributed by atoms with E-state index in [0.29, 0.717) is 5.75 Å². The van der Waals surface area contributed by atoms with Gasteiger partial charge in [0.15, 0.2) is 6.61 Å². The lowest BCUT2D eigenvalue weighted by Crippen LogP contribution is -2.35. The van der Waals surface area contributed by atoms with Crippen LogP contribution in [0.3, 0.4) is 0 Å². The molecule has 0 heterocycles. The maximum absolute atomic E-state index is 13.2. The first-order valence-corrected chi connectivity index (χ1v) is 10.4. The minimum atomic E-state index is -0.993. The minimum absolute atomic E-state index is 0.107. The van der Waals surface area contributed by atoms with Crippen molar-refractivity contribution in [2.24, 2.45) is 0 Å². The third-order valence-electron chi connectivity index (χ3n) is 5.15. The fourth-order valence-corrected chi connectivity index (χ4v) is 3.44. The molecule has 5 nitrogen and oxygen atoms in total. The van der Waals surface area contributed by atoms with Crippen molar-refractivity contribution < 1.29 is 19.4 Å². The summed E-state index contributed by atoms with van der Waals surface area (Å²) in [6.07, 6.45) is 1.66. The summed E-state index contributed by atoms with van der Waals surface area (Å²) < 4.78 is 5.80. The number of carbonyl (C=O) groups is 2. The van der Waals surface area contributed by atoms with Crippen molar-refractivity contribution in [2.75, 3.05) is 11.5 Å². The number of hydrogen-bond acceptors (Lipinski definition) is 3. The van der Waals surface area contributed by atoms with Crippen LogP contribution in [0.4, 0.5) is 5.69 Å². The Morgan fingerprint density at radius 3 is 2.35 bits per heavy atom. The molecule has 3 aromatic carbocycles. The van der Waals surface area contributed by atoms with Crippen molar-refractivity contribution in [1.29, 1.82) is 0 Å². The molecule has 1 N–H and O–H groups in total. The Labute approximate surface area is 182 Å². The van der Waals surface area contributed by atoms with Gasteiger partial charge in [0.1, 0.15) is 5.75 Å². The fraction of sp³-hybridized carbons (Fsp3) is 0.231. The normalized spacial score (nSPS) is 10.5. The highest BCUT2D eigenvalue weighted by Crippen LogP contribution is 2.24. The number of carboxylic acids is 1. The SMILES string of the molecule is CCc1cccc(OCC(=O)N(Cc2cccc(C(=O)O)c2)c2ccccc2CC)c1. The third kappa shape index (κ3) is 5.72. The molecule has 5 heteroatoms. The molecule has 31 heavy (non-hydrogen) atoms. The molecule has 0 saturated heterocycles. The highest BCUT2D eigenvalue weighted by Gasteiger charge is 2.20. The number of amides is 1. The van der Waals surface area contributed by atoms with Crippen LogP contribution in [0.5, 0.6) is 5.75 Å². The van der Waals surface area contributed by atoms with Crippen LogP contribution in [-0.2, 0) is 24.2 Å². The number of anilines is 1. The second kappa shape index (κ2) is 10.4. The fourth-order valence-electron chi connectivity index (χ4n) is 3.44. The summed E-state index contributed by atoms with van der Waals surface area (Å²) in [4.78, 5) is 26.3. The first-order chi connectivity index (χ1) is 15.0. The van der Waals surface area contributed by atoms with Gasteiger partial charge in [0, 0.05) is 5.69 Å². The first kappa shape index (κ1) is 22.1. The number of para-hydroxylation sites is 1. The molecule has 0 aliphatic rings. The largest absolute Gasteiger partial charge is 0.484 e. The molecule has 1 amide bonds. The number of hydrogen-bond donors (Lipinski definition) is 1. The number of rotatable bonds is 9. The predicted molar refractivity (Wildman–Crippen MR) is 122 cm³/mol. The van der Waals surface area contributed by atoms with Gasteiger partial charge in [0.2, 0.25) is 0 Å². The van der Waals surface area contributed by atoms with Gasteiger partial charge in [-0.25, -0.2) is 4.79 Å². The number of aromatic carboxylic acids is 1. The van der Waals surface area contributed by atoms with Gasteiger partial charge in [0.25, 0.3) is 5.91 Å². The molecular formula is C26H27NO4. The molecule has 3 aromatic rings. The van der Waals surface area contributed by atoms with Crippen LogP contribution >= 0.6 is 0 Å². The van der Waals surface area contributed by atoms with Gasteiger partial charge >= 0.3 is 5.97 Å².